The van der Waals surface area contributed by atoms with Crippen molar-refractivity contribution in [3.8, 4) is 5.75 Å². The third-order valence-electron chi connectivity index (χ3n) is 6.94. The smallest absolute Gasteiger partial charge is 0.243 e. The van der Waals surface area contributed by atoms with Crippen LogP contribution in [0.15, 0.2) is 54.6 Å². The van der Waals surface area contributed by atoms with Gasteiger partial charge < -0.3 is 24.8 Å². The van der Waals surface area contributed by atoms with Crippen molar-refractivity contribution in [2.75, 3.05) is 40.5 Å². The van der Waals surface area contributed by atoms with Crippen molar-refractivity contribution < 1.29 is 28.6 Å². The minimum atomic E-state index is -0.899. The highest BCUT2D eigenvalue weighted by Crippen LogP contribution is 2.29. The van der Waals surface area contributed by atoms with Crippen LogP contribution in [0.25, 0.3) is 0 Å². The van der Waals surface area contributed by atoms with Crippen LogP contribution in [0.2, 0.25) is 0 Å². The molecule has 0 aliphatic carbocycles. The highest BCUT2D eigenvalue weighted by molar-refractivity contribution is 5.98. The second-order valence-corrected chi connectivity index (χ2v) is 9.82. The third kappa shape index (κ3) is 6.94. The van der Waals surface area contributed by atoms with E-state index in [-0.39, 0.29) is 24.7 Å². The fourth-order valence-electron chi connectivity index (χ4n) is 4.39. The number of methoxy groups -OCH3 is 1. The lowest BCUT2D eigenvalue weighted by Crippen LogP contribution is -2.59. The van der Waals surface area contributed by atoms with E-state index in [0.29, 0.717) is 31.9 Å². The zero-order valence-corrected chi connectivity index (χ0v) is 21.6. The van der Waals surface area contributed by atoms with Gasteiger partial charge in [0.25, 0.3) is 0 Å². The second-order valence-electron chi connectivity index (χ2n) is 9.82. The second kappa shape index (κ2) is 11.9. The summed E-state index contributed by atoms with van der Waals surface area (Å²) < 4.78 is 16.1. The summed E-state index contributed by atoms with van der Waals surface area (Å²) in [6, 6.07) is 14.7. The number of hydrogen-bond donors (Lipinski definition) is 2. The van der Waals surface area contributed by atoms with E-state index in [2.05, 4.69) is 10.6 Å². The van der Waals surface area contributed by atoms with E-state index in [1.54, 1.807) is 14.0 Å². The van der Waals surface area contributed by atoms with Gasteiger partial charge in [-0.25, -0.2) is 0 Å². The van der Waals surface area contributed by atoms with Gasteiger partial charge in [-0.05, 0) is 43.7 Å². The van der Waals surface area contributed by atoms with E-state index in [4.69, 9.17) is 14.2 Å². The SMILES string of the molecule is COc1ccc(CC(NC(=O)C2COCCN2C)C(=O)N[C@@H](Cc2ccccc2)C(=O)C2(C)CO2)cc1. The van der Waals surface area contributed by atoms with Crippen molar-refractivity contribution >= 4 is 17.6 Å². The van der Waals surface area contributed by atoms with Crippen molar-refractivity contribution in [1.82, 2.24) is 15.5 Å². The Bertz CT molecular complexity index is 1090. The van der Waals surface area contributed by atoms with Crippen LogP contribution in [0, 0.1) is 0 Å². The van der Waals surface area contributed by atoms with Crippen molar-refractivity contribution in [2.45, 2.75) is 43.5 Å². The Morgan fingerprint density at radius 3 is 2.30 bits per heavy atom. The number of amides is 2. The lowest BCUT2D eigenvalue weighted by atomic mass is 9.94. The first kappa shape index (κ1) is 26.8. The summed E-state index contributed by atoms with van der Waals surface area (Å²) in [7, 11) is 3.44. The fraction of sp³-hybridized carbons (Fsp3) is 0.464. The molecule has 2 saturated heterocycles. The van der Waals surface area contributed by atoms with Crippen molar-refractivity contribution in [1.29, 1.82) is 0 Å². The Hall–Kier alpha value is -3.27. The Kier molecular flexibility index (Phi) is 8.58. The van der Waals surface area contributed by atoms with Gasteiger partial charge in [0.2, 0.25) is 11.8 Å². The third-order valence-corrected chi connectivity index (χ3v) is 6.94. The van der Waals surface area contributed by atoms with Gasteiger partial charge in [-0.3, -0.25) is 19.3 Å². The maximum Gasteiger partial charge on any atom is 0.243 e. The molecule has 2 aliphatic heterocycles. The number of carbonyl (C=O) groups is 3. The number of Topliss-reactive ketones (excluding diaryl/α,β-unsaturated/α-hetero) is 1. The molecule has 2 aromatic carbocycles. The van der Waals surface area contributed by atoms with E-state index in [1.165, 1.54) is 0 Å². The van der Waals surface area contributed by atoms with Gasteiger partial charge in [0.1, 0.15) is 23.4 Å². The van der Waals surface area contributed by atoms with Crippen LogP contribution in [0.3, 0.4) is 0 Å². The minimum absolute atomic E-state index is 0.181. The lowest BCUT2D eigenvalue weighted by molar-refractivity contribution is -0.136. The monoisotopic (exact) mass is 509 g/mol. The van der Waals surface area contributed by atoms with E-state index in [9.17, 15) is 14.4 Å². The summed E-state index contributed by atoms with van der Waals surface area (Å²) >= 11 is 0. The molecule has 2 fully saturated rings. The van der Waals surface area contributed by atoms with E-state index >= 15 is 0 Å². The summed E-state index contributed by atoms with van der Waals surface area (Å²) in [5.74, 6) is -0.207. The van der Waals surface area contributed by atoms with E-state index in [1.807, 2.05) is 66.5 Å². The largest absolute Gasteiger partial charge is 0.497 e. The topological polar surface area (TPSA) is 110 Å². The molecular formula is C28H35N3O6. The number of epoxide rings is 1. The predicted molar refractivity (Wildman–Crippen MR) is 137 cm³/mol. The van der Waals surface area contributed by atoms with Crippen LogP contribution in [-0.2, 0) is 36.7 Å². The summed E-state index contributed by atoms with van der Waals surface area (Å²) in [6.45, 7) is 3.49. The number of nitrogens with one attached hydrogen (secondary N) is 2. The molecule has 9 nitrogen and oxygen atoms in total. The normalized spacial score (nSPS) is 22.9. The Morgan fingerprint density at radius 1 is 1.03 bits per heavy atom. The molecule has 2 aromatic rings. The molecule has 2 heterocycles. The Balaban J connectivity index is 1.54. The quantitative estimate of drug-likeness (QED) is 0.437. The van der Waals surface area contributed by atoms with Crippen LogP contribution in [0.4, 0.5) is 0 Å². The number of nitrogens with zero attached hydrogens (tertiary/aromatic N) is 1. The molecule has 0 spiro atoms. The molecule has 0 saturated carbocycles. The molecule has 0 aromatic heterocycles. The first-order chi connectivity index (χ1) is 17.8. The molecule has 2 N–H and O–H groups in total. The van der Waals surface area contributed by atoms with Gasteiger partial charge in [-0.2, -0.15) is 0 Å². The molecule has 2 amide bonds. The zero-order chi connectivity index (χ0) is 26.4. The number of likely N-dealkylation sites (N-methyl/N-ethyl adjacent to an activating group) is 1. The zero-order valence-electron chi connectivity index (χ0n) is 21.6. The maximum absolute atomic E-state index is 13.6. The lowest BCUT2D eigenvalue weighted by Gasteiger charge is -2.32. The van der Waals surface area contributed by atoms with Gasteiger partial charge in [-0.15, -0.1) is 0 Å². The van der Waals surface area contributed by atoms with Gasteiger partial charge in [0.15, 0.2) is 5.78 Å². The predicted octanol–water partition coefficient (Wildman–Crippen LogP) is 1.14. The minimum Gasteiger partial charge on any atom is -0.497 e. The van der Waals surface area contributed by atoms with Crippen LogP contribution in [0.1, 0.15) is 18.1 Å². The summed E-state index contributed by atoms with van der Waals surface area (Å²) in [6.07, 6.45) is 0.575. The molecule has 37 heavy (non-hydrogen) atoms. The number of rotatable bonds is 11. The number of hydrogen-bond acceptors (Lipinski definition) is 7. The van der Waals surface area contributed by atoms with Crippen molar-refractivity contribution in [3.63, 3.8) is 0 Å². The molecule has 198 valence electrons. The van der Waals surface area contributed by atoms with Crippen molar-refractivity contribution in [2.24, 2.45) is 0 Å². The van der Waals surface area contributed by atoms with Gasteiger partial charge >= 0.3 is 0 Å². The number of carbonyl (C=O) groups excluding carboxylic acids is 3. The molecule has 9 heteroatoms. The van der Waals surface area contributed by atoms with Gasteiger partial charge in [0.05, 0.1) is 33.0 Å². The summed E-state index contributed by atoms with van der Waals surface area (Å²) in [4.78, 5) is 42.0. The first-order valence-electron chi connectivity index (χ1n) is 12.5. The number of ketones is 1. The Labute approximate surface area is 217 Å². The van der Waals surface area contributed by atoms with Crippen LogP contribution >= 0.6 is 0 Å². The standard InChI is InChI=1S/C28H35N3O6/c1-28(18-37-28)25(32)22(15-19-7-5-4-6-8-19)29-26(33)23(16-20-9-11-21(35-3)12-10-20)30-27(34)24-17-36-14-13-31(24)2/h4-12,22-24H,13-18H2,1-3H3,(H,29,33)(H,30,34)/t22-,23?,24?,28?/m0/s1. The molecule has 0 bridgehead atoms. The molecule has 4 rings (SSSR count). The van der Waals surface area contributed by atoms with Gasteiger partial charge in [0, 0.05) is 13.0 Å². The number of ether oxygens (including phenoxy) is 3. The summed E-state index contributed by atoms with van der Waals surface area (Å²) in [5, 5.41) is 5.83. The number of benzene rings is 2. The molecule has 3 unspecified atom stereocenters. The fourth-order valence-corrected chi connectivity index (χ4v) is 4.39. The first-order valence-corrected chi connectivity index (χ1v) is 12.5. The van der Waals surface area contributed by atoms with E-state index < -0.39 is 29.6 Å². The van der Waals surface area contributed by atoms with Gasteiger partial charge in [-0.1, -0.05) is 42.5 Å². The molecule has 2 aliphatic rings. The van der Waals surface area contributed by atoms with E-state index in [0.717, 1.165) is 11.1 Å². The van der Waals surface area contributed by atoms with Crippen LogP contribution in [0.5, 0.6) is 5.75 Å². The average Bonchev–Trinajstić information content (AvgIpc) is 3.67. The Morgan fingerprint density at radius 2 is 1.68 bits per heavy atom. The molecule has 4 atom stereocenters. The highest BCUT2D eigenvalue weighted by Gasteiger charge is 2.50. The summed E-state index contributed by atoms with van der Waals surface area (Å²) in [5.41, 5.74) is 0.865. The highest BCUT2D eigenvalue weighted by atomic mass is 16.6. The number of morpholine rings is 1. The van der Waals surface area contributed by atoms with Crippen LogP contribution in [-0.4, -0.2) is 86.7 Å². The molecule has 0 radical (unpaired) electrons. The average molecular weight is 510 g/mol. The maximum atomic E-state index is 13.6. The van der Waals surface area contributed by atoms with Crippen LogP contribution < -0.4 is 15.4 Å². The molecular weight excluding hydrogens is 474 g/mol. The van der Waals surface area contributed by atoms with Crippen molar-refractivity contribution in [3.05, 3.63) is 65.7 Å².